The molecule has 2 aliphatic rings. The number of Topliss-reactive ketones (excluding diaryl/α,β-unsaturated/α-hetero) is 1. The maximum absolute atomic E-state index is 12.8. The molecular weight excluding hydrogens is 404 g/mol. The highest BCUT2D eigenvalue weighted by atomic mass is 16.6. The number of esters is 1. The molecule has 5 heteroatoms. The van der Waals surface area contributed by atoms with Crippen LogP contribution in [-0.2, 0) is 23.9 Å². The zero-order valence-corrected chi connectivity index (χ0v) is 20.4. The van der Waals surface area contributed by atoms with Crippen molar-refractivity contribution in [3.05, 3.63) is 23.5 Å². The molecule has 0 N–H and O–H groups in total. The van der Waals surface area contributed by atoms with Gasteiger partial charge in [-0.2, -0.15) is 0 Å². The minimum absolute atomic E-state index is 0.0759. The van der Waals surface area contributed by atoms with E-state index in [1.165, 1.54) is 83.5 Å². The Balaban J connectivity index is 1.58. The molecule has 1 aliphatic carbocycles. The standard InChI is InChI=1S/C27H42O5/c1-4-5-6-7-8-9-10-11-12-13-14-15-16-17-25(29)32-27(3)24(28)19-22-18-21(2)31-20-23(22)26(27)30/h19-21H,4-18H2,1-3H3/t21?,27-/m1/s1. The predicted octanol–water partition coefficient (Wildman–Crippen LogP) is 6.54. The number of hydrogen-bond donors (Lipinski definition) is 0. The fraction of sp³-hybridized carbons (Fsp3) is 0.741. The maximum atomic E-state index is 12.8. The van der Waals surface area contributed by atoms with Gasteiger partial charge < -0.3 is 9.47 Å². The molecule has 1 unspecified atom stereocenters. The van der Waals surface area contributed by atoms with Crippen LogP contribution >= 0.6 is 0 Å². The monoisotopic (exact) mass is 446 g/mol. The highest BCUT2D eigenvalue weighted by Crippen LogP contribution is 2.34. The summed E-state index contributed by atoms with van der Waals surface area (Å²) in [5, 5.41) is 0. The van der Waals surface area contributed by atoms with E-state index in [0.29, 0.717) is 17.6 Å². The van der Waals surface area contributed by atoms with E-state index in [9.17, 15) is 14.4 Å². The van der Waals surface area contributed by atoms with Gasteiger partial charge in [0.15, 0.2) is 0 Å². The number of fused-ring (bicyclic) bond motifs is 1. The normalized spacial score (nSPS) is 22.7. The molecule has 1 heterocycles. The number of ether oxygens (including phenoxy) is 2. The van der Waals surface area contributed by atoms with Crippen molar-refractivity contribution in [1.82, 2.24) is 0 Å². The summed E-state index contributed by atoms with van der Waals surface area (Å²) in [6, 6.07) is 0. The third-order valence-corrected chi connectivity index (χ3v) is 6.53. The van der Waals surface area contributed by atoms with Crippen molar-refractivity contribution in [3.63, 3.8) is 0 Å². The van der Waals surface area contributed by atoms with Crippen molar-refractivity contribution in [2.45, 2.75) is 129 Å². The summed E-state index contributed by atoms with van der Waals surface area (Å²) in [6.07, 6.45) is 19.5. The third kappa shape index (κ3) is 7.90. The fourth-order valence-electron chi connectivity index (χ4n) is 4.39. The van der Waals surface area contributed by atoms with E-state index in [4.69, 9.17) is 9.47 Å². The van der Waals surface area contributed by atoms with E-state index < -0.39 is 23.1 Å². The average Bonchev–Trinajstić information content (AvgIpc) is 2.75. The van der Waals surface area contributed by atoms with Gasteiger partial charge in [0, 0.05) is 12.8 Å². The molecular formula is C27H42O5. The van der Waals surface area contributed by atoms with E-state index >= 15 is 0 Å². The van der Waals surface area contributed by atoms with Crippen LogP contribution in [0, 0.1) is 0 Å². The van der Waals surface area contributed by atoms with Crippen LogP contribution in [-0.4, -0.2) is 29.2 Å². The smallest absolute Gasteiger partial charge is 0.307 e. The molecule has 0 bridgehead atoms. The molecule has 0 saturated carbocycles. The first kappa shape index (κ1) is 26.3. The SMILES string of the molecule is CCCCCCCCCCCCCCCC(=O)O[C@]1(C)C(=O)C=C2CC(C)OC=C2C1=O. The lowest BCUT2D eigenvalue weighted by Crippen LogP contribution is -2.51. The van der Waals surface area contributed by atoms with Crippen molar-refractivity contribution in [2.75, 3.05) is 0 Å². The number of rotatable bonds is 15. The molecule has 0 radical (unpaired) electrons. The maximum Gasteiger partial charge on any atom is 0.307 e. The molecule has 0 fully saturated rings. The Kier molecular flexibility index (Phi) is 11.2. The summed E-state index contributed by atoms with van der Waals surface area (Å²) in [4.78, 5) is 37.7. The largest absolute Gasteiger partial charge is 0.497 e. The van der Waals surface area contributed by atoms with E-state index in [-0.39, 0.29) is 12.5 Å². The summed E-state index contributed by atoms with van der Waals surface area (Å²) in [7, 11) is 0. The van der Waals surface area contributed by atoms with Crippen molar-refractivity contribution in [1.29, 1.82) is 0 Å². The Morgan fingerprint density at radius 1 is 0.969 bits per heavy atom. The van der Waals surface area contributed by atoms with E-state index in [0.717, 1.165) is 19.3 Å². The van der Waals surface area contributed by atoms with Crippen LogP contribution in [0.4, 0.5) is 0 Å². The molecule has 32 heavy (non-hydrogen) atoms. The summed E-state index contributed by atoms with van der Waals surface area (Å²) in [5.41, 5.74) is -0.755. The van der Waals surface area contributed by atoms with Gasteiger partial charge in [-0.3, -0.25) is 14.4 Å². The first-order chi connectivity index (χ1) is 15.4. The zero-order valence-electron chi connectivity index (χ0n) is 20.4. The number of carbonyl (C=O) groups excluding carboxylic acids is 3. The molecule has 0 aromatic carbocycles. The van der Waals surface area contributed by atoms with Crippen LogP contribution in [0.3, 0.4) is 0 Å². The van der Waals surface area contributed by atoms with Crippen LogP contribution in [0.5, 0.6) is 0 Å². The Morgan fingerprint density at radius 3 is 2.06 bits per heavy atom. The average molecular weight is 447 g/mol. The van der Waals surface area contributed by atoms with Gasteiger partial charge in [-0.05, 0) is 31.9 Å². The highest BCUT2D eigenvalue weighted by molar-refractivity contribution is 6.26. The summed E-state index contributed by atoms with van der Waals surface area (Å²) >= 11 is 0. The fourth-order valence-corrected chi connectivity index (χ4v) is 4.39. The molecule has 0 aromatic rings. The molecule has 2 atom stereocenters. The van der Waals surface area contributed by atoms with E-state index in [1.54, 1.807) is 0 Å². The predicted molar refractivity (Wildman–Crippen MR) is 126 cm³/mol. The molecule has 0 amide bonds. The van der Waals surface area contributed by atoms with Gasteiger partial charge in [-0.25, -0.2) is 0 Å². The lowest BCUT2D eigenvalue weighted by Gasteiger charge is -2.33. The molecule has 1 aliphatic heterocycles. The highest BCUT2D eigenvalue weighted by Gasteiger charge is 2.49. The number of unbranched alkanes of at least 4 members (excludes halogenated alkanes) is 12. The quantitative estimate of drug-likeness (QED) is 0.162. The first-order valence-electron chi connectivity index (χ1n) is 12.8. The summed E-state index contributed by atoms with van der Waals surface area (Å²) in [6.45, 7) is 5.52. The molecule has 0 aromatic heterocycles. The Bertz CT molecular complexity index is 705. The van der Waals surface area contributed by atoms with Gasteiger partial charge in [-0.1, -0.05) is 84.0 Å². The van der Waals surface area contributed by atoms with Crippen LogP contribution in [0.15, 0.2) is 23.5 Å². The lowest BCUT2D eigenvalue weighted by atomic mass is 9.79. The van der Waals surface area contributed by atoms with Crippen LogP contribution in [0.25, 0.3) is 0 Å². The van der Waals surface area contributed by atoms with Crippen molar-refractivity contribution in [2.24, 2.45) is 0 Å². The van der Waals surface area contributed by atoms with Crippen molar-refractivity contribution >= 4 is 17.5 Å². The lowest BCUT2D eigenvalue weighted by molar-refractivity contribution is -0.169. The van der Waals surface area contributed by atoms with Gasteiger partial charge >= 0.3 is 5.97 Å². The van der Waals surface area contributed by atoms with Crippen molar-refractivity contribution in [3.8, 4) is 0 Å². The topological polar surface area (TPSA) is 69.7 Å². The van der Waals surface area contributed by atoms with Crippen LogP contribution in [0.2, 0.25) is 0 Å². The van der Waals surface area contributed by atoms with Crippen LogP contribution in [0.1, 0.15) is 117 Å². The molecule has 5 nitrogen and oxygen atoms in total. The number of carbonyl (C=O) groups is 3. The first-order valence-corrected chi connectivity index (χ1v) is 12.8. The van der Waals surface area contributed by atoms with Gasteiger partial charge in [0.1, 0.15) is 0 Å². The molecule has 0 saturated heterocycles. The Labute approximate surface area is 194 Å². The summed E-state index contributed by atoms with van der Waals surface area (Å²) < 4.78 is 10.8. The number of ketones is 2. The second-order valence-electron chi connectivity index (χ2n) is 9.55. The Hall–Kier alpha value is -1.91. The second-order valence-corrected chi connectivity index (χ2v) is 9.55. The minimum atomic E-state index is -1.77. The van der Waals surface area contributed by atoms with E-state index in [2.05, 4.69) is 6.92 Å². The molecule has 0 spiro atoms. The van der Waals surface area contributed by atoms with Crippen LogP contribution < -0.4 is 0 Å². The third-order valence-electron chi connectivity index (χ3n) is 6.53. The summed E-state index contributed by atoms with van der Waals surface area (Å²) in [5.74, 6) is -1.42. The van der Waals surface area contributed by atoms with Gasteiger partial charge in [0.05, 0.1) is 17.9 Å². The number of hydrogen-bond acceptors (Lipinski definition) is 5. The van der Waals surface area contributed by atoms with Gasteiger partial charge in [-0.15, -0.1) is 0 Å². The van der Waals surface area contributed by atoms with Gasteiger partial charge in [0.25, 0.3) is 0 Å². The van der Waals surface area contributed by atoms with Gasteiger partial charge in [0.2, 0.25) is 17.2 Å². The minimum Gasteiger partial charge on any atom is -0.497 e. The Morgan fingerprint density at radius 2 is 1.50 bits per heavy atom. The molecule has 180 valence electrons. The molecule has 2 rings (SSSR count). The zero-order chi connectivity index (χ0) is 23.4. The van der Waals surface area contributed by atoms with Crippen molar-refractivity contribution < 1.29 is 23.9 Å². The van der Waals surface area contributed by atoms with E-state index in [1.807, 2.05) is 6.92 Å². The second kappa shape index (κ2) is 13.6.